The summed E-state index contributed by atoms with van der Waals surface area (Å²) < 4.78 is 5.04. The average molecular weight is 240 g/mol. The van der Waals surface area contributed by atoms with Crippen molar-refractivity contribution >= 4 is 19.8 Å². The predicted molar refractivity (Wildman–Crippen MR) is 52.8 cm³/mol. The standard InChI is InChI=1S/C8H17I/c1-2-3-6-9-7-4-5-8-9/h2-8H2,1H3. The van der Waals surface area contributed by atoms with Gasteiger partial charge in [-0.1, -0.05) is 0 Å². The number of hydrogen-bond donors (Lipinski definition) is 0. The third kappa shape index (κ3) is 2.87. The average Bonchev–Trinajstić information content (AvgIpc) is 2.34. The minimum atomic E-state index is -0.254. The summed E-state index contributed by atoms with van der Waals surface area (Å²) in [7, 11) is 0. The number of alkyl halides is 3. The SMILES string of the molecule is CCCCI1CCCC1. The van der Waals surface area contributed by atoms with E-state index in [1.165, 1.54) is 12.8 Å². The first-order valence-electron chi connectivity index (χ1n) is 4.01. The third-order valence-corrected chi connectivity index (χ3v) is 8.67. The van der Waals surface area contributed by atoms with E-state index in [0.717, 1.165) is 0 Å². The van der Waals surface area contributed by atoms with Gasteiger partial charge in [-0.25, -0.2) is 0 Å². The Balaban J connectivity index is 1.98. The van der Waals surface area contributed by atoms with Gasteiger partial charge >= 0.3 is 65.7 Å². The van der Waals surface area contributed by atoms with Gasteiger partial charge in [0.15, 0.2) is 0 Å². The maximum atomic E-state index is 2.31. The second kappa shape index (κ2) is 4.53. The van der Waals surface area contributed by atoms with Crippen molar-refractivity contribution < 1.29 is 0 Å². The van der Waals surface area contributed by atoms with Crippen molar-refractivity contribution in [3.8, 4) is 0 Å². The van der Waals surface area contributed by atoms with Crippen LogP contribution in [0.25, 0.3) is 0 Å². The molecule has 0 bridgehead atoms. The fourth-order valence-electron chi connectivity index (χ4n) is 1.17. The summed E-state index contributed by atoms with van der Waals surface area (Å²) >= 11 is -0.254. The van der Waals surface area contributed by atoms with E-state index in [1.54, 1.807) is 26.1 Å². The normalized spacial score (nSPS) is 23.0. The molecule has 56 valence electrons. The molecule has 1 rings (SSSR count). The molecule has 0 atom stereocenters. The van der Waals surface area contributed by atoms with Gasteiger partial charge in [-0.05, 0) is 0 Å². The Morgan fingerprint density at radius 2 is 1.89 bits per heavy atom. The molecule has 0 nitrogen and oxygen atoms in total. The molecule has 0 aromatic rings. The molecule has 0 amide bonds. The number of unbranched alkanes of at least 4 members (excludes halogenated alkanes) is 1. The van der Waals surface area contributed by atoms with E-state index in [-0.39, 0.29) is 19.8 Å². The Hall–Kier alpha value is 0.730. The molecular weight excluding hydrogens is 223 g/mol. The Morgan fingerprint density at radius 3 is 2.44 bits per heavy atom. The van der Waals surface area contributed by atoms with Gasteiger partial charge in [0.25, 0.3) is 0 Å². The molecule has 0 N–H and O–H groups in total. The molecule has 0 spiro atoms. The molecule has 1 heteroatoms. The zero-order valence-corrected chi connectivity index (χ0v) is 8.49. The number of hydrogen-bond acceptors (Lipinski definition) is 0. The van der Waals surface area contributed by atoms with Crippen LogP contribution in [0.4, 0.5) is 0 Å². The summed E-state index contributed by atoms with van der Waals surface area (Å²) in [6.07, 6.45) is 6.11. The van der Waals surface area contributed by atoms with Crippen molar-refractivity contribution in [1.82, 2.24) is 0 Å². The van der Waals surface area contributed by atoms with Crippen LogP contribution in [0, 0.1) is 0 Å². The Kier molecular flexibility index (Phi) is 3.94. The maximum absolute atomic E-state index is 2.31. The molecule has 0 aromatic carbocycles. The molecule has 1 heterocycles. The molecule has 0 aliphatic carbocycles. The van der Waals surface area contributed by atoms with Crippen LogP contribution in [0.5, 0.6) is 0 Å². The monoisotopic (exact) mass is 240 g/mol. The van der Waals surface area contributed by atoms with Crippen molar-refractivity contribution in [2.75, 3.05) is 13.3 Å². The van der Waals surface area contributed by atoms with E-state index in [9.17, 15) is 0 Å². The number of rotatable bonds is 3. The van der Waals surface area contributed by atoms with Crippen LogP contribution >= 0.6 is 19.8 Å². The second-order valence-electron chi connectivity index (χ2n) is 2.69. The zero-order chi connectivity index (χ0) is 6.53. The van der Waals surface area contributed by atoms with Crippen LogP contribution in [0.15, 0.2) is 0 Å². The molecule has 0 aromatic heterocycles. The predicted octanol–water partition coefficient (Wildman–Crippen LogP) is 3.09. The summed E-state index contributed by atoms with van der Waals surface area (Å²) in [5, 5.41) is 0. The quantitative estimate of drug-likeness (QED) is 0.525. The fourth-order valence-corrected chi connectivity index (χ4v) is 7.87. The first kappa shape index (κ1) is 7.83. The molecule has 1 aliphatic rings. The molecule has 1 saturated heterocycles. The van der Waals surface area contributed by atoms with E-state index in [2.05, 4.69) is 6.92 Å². The van der Waals surface area contributed by atoms with Crippen LogP contribution in [0.1, 0.15) is 32.6 Å². The van der Waals surface area contributed by atoms with Crippen molar-refractivity contribution in [3.63, 3.8) is 0 Å². The summed E-state index contributed by atoms with van der Waals surface area (Å²) in [4.78, 5) is 0. The summed E-state index contributed by atoms with van der Waals surface area (Å²) in [5.74, 6) is 0. The molecule has 1 aliphatic heterocycles. The minimum absolute atomic E-state index is 0.254. The van der Waals surface area contributed by atoms with E-state index in [0.29, 0.717) is 0 Å². The number of halogens is 1. The molecule has 0 saturated carbocycles. The van der Waals surface area contributed by atoms with Crippen molar-refractivity contribution in [2.24, 2.45) is 0 Å². The van der Waals surface area contributed by atoms with Gasteiger partial charge in [0, 0.05) is 0 Å². The zero-order valence-electron chi connectivity index (χ0n) is 6.33. The second-order valence-corrected chi connectivity index (χ2v) is 9.17. The Bertz CT molecular complexity index is 65.0. The Morgan fingerprint density at radius 1 is 1.22 bits per heavy atom. The van der Waals surface area contributed by atoms with Gasteiger partial charge in [0.2, 0.25) is 0 Å². The first-order chi connectivity index (χ1) is 4.43. The summed E-state index contributed by atoms with van der Waals surface area (Å²) in [6.45, 7) is 2.31. The van der Waals surface area contributed by atoms with Gasteiger partial charge in [-0.15, -0.1) is 0 Å². The Labute approximate surface area is 65.8 Å². The van der Waals surface area contributed by atoms with Crippen molar-refractivity contribution in [2.45, 2.75) is 32.6 Å². The summed E-state index contributed by atoms with van der Waals surface area (Å²) in [5.41, 5.74) is 0. The molecular formula is C8H17I. The van der Waals surface area contributed by atoms with Crippen molar-refractivity contribution in [3.05, 3.63) is 0 Å². The fraction of sp³-hybridized carbons (Fsp3) is 1.00. The summed E-state index contributed by atoms with van der Waals surface area (Å²) in [6, 6.07) is 0. The van der Waals surface area contributed by atoms with E-state index >= 15 is 0 Å². The van der Waals surface area contributed by atoms with E-state index < -0.39 is 0 Å². The van der Waals surface area contributed by atoms with Crippen molar-refractivity contribution in [1.29, 1.82) is 0 Å². The van der Waals surface area contributed by atoms with Gasteiger partial charge in [0.05, 0.1) is 0 Å². The topological polar surface area (TPSA) is 0 Å². The van der Waals surface area contributed by atoms with Crippen LogP contribution in [-0.2, 0) is 0 Å². The van der Waals surface area contributed by atoms with Crippen LogP contribution in [-0.4, -0.2) is 13.3 Å². The van der Waals surface area contributed by atoms with Crippen LogP contribution in [0.2, 0.25) is 0 Å². The van der Waals surface area contributed by atoms with Gasteiger partial charge in [0.1, 0.15) is 0 Å². The van der Waals surface area contributed by atoms with E-state index in [4.69, 9.17) is 0 Å². The molecule has 0 radical (unpaired) electrons. The van der Waals surface area contributed by atoms with Crippen LogP contribution in [0.3, 0.4) is 0 Å². The molecule has 9 heavy (non-hydrogen) atoms. The third-order valence-electron chi connectivity index (χ3n) is 1.81. The van der Waals surface area contributed by atoms with Crippen LogP contribution < -0.4 is 0 Å². The van der Waals surface area contributed by atoms with Gasteiger partial charge < -0.3 is 0 Å². The first-order valence-corrected chi connectivity index (χ1v) is 8.59. The van der Waals surface area contributed by atoms with E-state index in [1.807, 2.05) is 0 Å². The molecule has 0 unspecified atom stereocenters. The van der Waals surface area contributed by atoms with Gasteiger partial charge in [-0.3, -0.25) is 0 Å². The van der Waals surface area contributed by atoms with Gasteiger partial charge in [-0.2, -0.15) is 0 Å². The molecule has 1 fully saturated rings.